The Morgan fingerprint density at radius 2 is 2.12 bits per heavy atom. The third-order valence-electron chi connectivity index (χ3n) is 3.63. The van der Waals surface area contributed by atoms with Crippen molar-refractivity contribution in [2.45, 2.75) is 13.5 Å². The first-order valence-corrected chi connectivity index (χ1v) is 7.59. The van der Waals surface area contributed by atoms with Crippen LogP contribution in [0.5, 0.6) is 0 Å². The highest BCUT2D eigenvalue weighted by molar-refractivity contribution is 6.31. The summed E-state index contributed by atoms with van der Waals surface area (Å²) in [7, 11) is 0. The van der Waals surface area contributed by atoms with Crippen LogP contribution in [0.2, 0.25) is 5.02 Å². The van der Waals surface area contributed by atoms with Crippen LogP contribution >= 0.6 is 11.6 Å². The van der Waals surface area contributed by atoms with E-state index in [1.807, 2.05) is 0 Å². The zero-order valence-electron chi connectivity index (χ0n) is 13.0. The number of carbonyl (C=O) groups excluding carboxylic acids is 1. The molecule has 0 saturated carbocycles. The van der Waals surface area contributed by atoms with Crippen molar-refractivity contribution in [2.24, 2.45) is 0 Å². The number of hydrogen-bond donors (Lipinski definition) is 1. The molecule has 0 atom stereocenters. The summed E-state index contributed by atoms with van der Waals surface area (Å²) in [5, 5.41) is 18.2. The fourth-order valence-electron chi connectivity index (χ4n) is 2.47. The van der Waals surface area contributed by atoms with Gasteiger partial charge < -0.3 is 5.32 Å². The molecule has 0 fully saturated rings. The monoisotopic (exact) mass is 362 g/mol. The van der Waals surface area contributed by atoms with E-state index in [-0.39, 0.29) is 23.2 Å². The summed E-state index contributed by atoms with van der Waals surface area (Å²) < 4.78 is 14.6. The van der Waals surface area contributed by atoms with Gasteiger partial charge in [0.15, 0.2) is 0 Å². The van der Waals surface area contributed by atoms with Crippen LogP contribution in [0.15, 0.2) is 36.4 Å². The first-order chi connectivity index (χ1) is 11.8. The van der Waals surface area contributed by atoms with Crippen molar-refractivity contribution in [1.82, 2.24) is 9.78 Å². The van der Waals surface area contributed by atoms with Crippen LogP contribution in [0.3, 0.4) is 0 Å². The number of halogens is 2. The third kappa shape index (κ3) is 3.43. The number of aromatic nitrogens is 2. The van der Waals surface area contributed by atoms with Crippen LogP contribution in [0, 0.1) is 22.9 Å². The van der Waals surface area contributed by atoms with Gasteiger partial charge in [0.1, 0.15) is 12.4 Å². The minimum atomic E-state index is -0.574. The number of nitrogens with zero attached hydrogens (tertiary/aromatic N) is 3. The van der Waals surface area contributed by atoms with Gasteiger partial charge in [-0.2, -0.15) is 5.10 Å². The van der Waals surface area contributed by atoms with E-state index in [0.717, 1.165) is 6.07 Å². The van der Waals surface area contributed by atoms with E-state index in [1.165, 1.54) is 28.9 Å². The van der Waals surface area contributed by atoms with Crippen molar-refractivity contribution in [1.29, 1.82) is 0 Å². The van der Waals surface area contributed by atoms with Gasteiger partial charge in [-0.15, -0.1) is 0 Å². The fourth-order valence-corrected chi connectivity index (χ4v) is 2.65. The van der Waals surface area contributed by atoms with Crippen LogP contribution < -0.4 is 5.32 Å². The number of amides is 1. The maximum absolute atomic E-state index is 13.1. The van der Waals surface area contributed by atoms with Gasteiger partial charge in [0.2, 0.25) is 5.91 Å². The molecule has 0 radical (unpaired) electrons. The molecule has 0 unspecified atom stereocenters. The summed E-state index contributed by atoms with van der Waals surface area (Å²) in [6.07, 6.45) is 0. The molecule has 0 saturated heterocycles. The lowest BCUT2D eigenvalue weighted by molar-refractivity contribution is -0.384. The summed E-state index contributed by atoms with van der Waals surface area (Å²) >= 11 is 5.68. The minimum absolute atomic E-state index is 0.0412. The van der Waals surface area contributed by atoms with E-state index in [1.54, 1.807) is 13.0 Å². The third-order valence-corrected chi connectivity index (χ3v) is 3.92. The molecule has 1 heterocycles. The zero-order chi connectivity index (χ0) is 18.1. The van der Waals surface area contributed by atoms with Crippen LogP contribution in [-0.2, 0) is 11.3 Å². The first-order valence-electron chi connectivity index (χ1n) is 7.21. The Bertz CT molecular complexity index is 1000. The Morgan fingerprint density at radius 1 is 1.36 bits per heavy atom. The second-order valence-corrected chi connectivity index (χ2v) is 5.79. The van der Waals surface area contributed by atoms with E-state index >= 15 is 0 Å². The Labute approximate surface area is 146 Å². The Hall–Kier alpha value is -3.00. The smallest absolute Gasteiger partial charge is 0.270 e. The van der Waals surface area contributed by atoms with Gasteiger partial charge in [-0.05, 0) is 31.2 Å². The van der Waals surface area contributed by atoms with Crippen LogP contribution in [0.1, 0.15) is 5.69 Å². The second kappa shape index (κ2) is 6.48. The van der Waals surface area contributed by atoms with Crippen molar-refractivity contribution < 1.29 is 14.1 Å². The number of hydrogen-bond acceptors (Lipinski definition) is 4. The maximum Gasteiger partial charge on any atom is 0.270 e. The molecule has 3 rings (SSSR count). The van der Waals surface area contributed by atoms with Crippen molar-refractivity contribution in [2.75, 3.05) is 5.32 Å². The molecule has 1 aromatic heterocycles. The van der Waals surface area contributed by atoms with Gasteiger partial charge in [-0.1, -0.05) is 11.6 Å². The summed E-state index contributed by atoms with van der Waals surface area (Å²) in [6.45, 7) is 1.61. The largest absolute Gasteiger partial charge is 0.324 e. The molecule has 128 valence electrons. The number of anilines is 1. The first kappa shape index (κ1) is 16.8. The molecule has 2 aromatic carbocycles. The van der Waals surface area contributed by atoms with Gasteiger partial charge >= 0.3 is 0 Å². The van der Waals surface area contributed by atoms with E-state index in [2.05, 4.69) is 10.4 Å². The highest BCUT2D eigenvalue weighted by atomic mass is 35.5. The van der Waals surface area contributed by atoms with Crippen LogP contribution in [0.25, 0.3) is 10.9 Å². The lowest BCUT2D eigenvalue weighted by atomic mass is 10.2. The molecule has 25 heavy (non-hydrogen) atoms. The number of fused-ring (bicyclic) bond motifs is 1. The summed E-state index contributed by atoms with van der Waals surface area (Å²) in [4.78, 5) is 22.6. The maximum atomic E-state index is 13.1. The van der Waals surface area contributed by atoms with Crippen molar-refractivity contribution in [3.05, 3.63) is 63.0 Å². The predicted molar refractivity (Wildman–Crippen MR) is 91.2 cm³/mol. The van der Waals surface area contributed by atoms with E-state index < -0.39 is 10.7 Å². The van der Waals surface area contributed by atoms with Crippen molar-refractivity contribution in [3.8, 4) is 0 Å². The topological polar surface area (TPSA) is 90.1 Å². The molecular formula is C16H12ClFN4O3. The Kier molecular flexibility index (Phi) is 4.37. The van der Waals surface area contributed by atoms with Crippen molar-refractivity contribution >= 4 is 39.8 Å². The Balaban J connectivity index is 1.83. The van der Waals surface area contributed by atoms with Gasteiger partial charge in [-0.3, -0.25) is 19.6 Å². The lowest BCUT2D eigenvalue weighted by Gasteiger charge is -2.07. The van der Waals surface area contributed by atoms with Gasteiger partial charge in [0.25, 0.3) is 5.69 Å². The molecule has 1 N–H and O–H groups in total. The van der Waals surface area contributed by atoms with E-state index in [9.17, 15) is 19.3 Å². The number of benzene rings is 2. The van der Waals surface area contributed by atoms with E-state index in [0.29, 0.717) is 22.3 Å². The fraction of sp³-hybridized carbons (Fsp3) is 0.125. The standard InChI is InChI=1S/C16H12ClFN4O3/c1-9-12-7-11(22(24)25)3-5-15(12)21(20-9)8-16(23)19-10-2-4-14(18)13(17)6-10/h2-7H,8H2,1H3,(H,19,23). The van der Waals surface area contributed by atoms with Gasteiger partial charge in [0, 0.05) is 23.2 Å². The molecule has 9 heteroatoms. The quantitative estimate of drug-likeness (QED) is 0.566. The molecule has 3 aromatic rings. The highest BCUT2D eigenvalue weighted by Crippen LogP contribution is 2.24. The summed E-state index contributed by atoms with van der Waals surface area (Å²) in [5.41, 5.74) is 1.51. The van der Waals surface area contributed by atoms with Crippen LogP contribution in [-0.4, -0.2) is 20.6 Å². The number of nitrogens with one attached hydrogen (secondary N) is 1. The number of non-ortho nitro benzene ring substituents is 1. The van der Waals surface area contributed by atoms with E-state index in [4.69, 9.17) is 11.6 Å². The average molecular weight is 363 g/mol. The summed E-state index contributed by atoms with van der Waals surface area (Å²) in [6, 6.07) is 8.20. The molecule has 1 amide bonds. The molecule has 0 aliphatic rings. The van der Waals surface area contributed by atoms with Crippen LogP contribution in [0.4, 0.5) is 15.8 Å². The normalized spacial score (nSPS) is 10.8. The predicted octanol–water partition coefficient (Wildman–Crippen LogP) is 3.68. The highest BCUT2D eigenvalue weighted by Gasteiger charge is 2.15. The summed E-state index contributed by atoms with van der Waals surface area (Å²) in [5.74, 6) is -0.958. The number of aryl methyl sites for hydroxylation is 1. The number of rotatable bonds is 4. The zero-order valence-corrected chi connectivity index (χ0v) is 13.7. The Morgan fingerprint density at radius 3 is 2.80 bits per heavy atom. The van der Waals surface area contributed by atoms with Crippen molar-refractivity contribution in [3.63, 3.8) is 0 Å². The lowest BCUT2D eigenvalue weighted by Crippen LogP contribution is -2.19. The molecule has 0 aliphatic carbocycles. The number of carbonyl (C=O) groups is 1. The molecular weight excluding hydrogens is 351 g/mol. The second-order valence-electron chi connectivity index (χ2n) is 5.38. The SMILES string of the molecule is Cc1nn(CC(=O)Nc2ccc(F)c(Cl)c2)c2ccc([N+](=O)[O-])cc12. The number of nitro benzene ring substituents is 1. The molecule has 0 spiro atoms. The molecule has 0 aliphatic heterocycles. The average Bonchev–Trinajstić information content (AvgIpc) is 2.86. The molecule has 0 bridgehead atoms. The number of nitro groups is 1. The van der Waals surface area contributed by atoms with Gasteiger partial charge in [-0.25, -0.2) is 4.39 Å². The minimum Gasteiger partial charge on any atom is -0.324 e. The molecule has 7 nitrogen and oxygen atoms in total. The van der Waals surface area contributed by atoms with Gasteiger partial charge in [0.05, 0.1) is 21.2 Å².